The lowest BCUT2D eigenvalue weighted by atomic mass is 9.94. The van der Waals surface area contributed by atoms with Crippen molar-refractivity contribution in [3.8, 4) is 0 Å². The van der Waals surface area contributed by atoms with E-state index in [1.807, 2.05) is 0 Å². The fraction of sp³-hybridized carbons (Fsp3) is 0.538. The molecule has 15 heavy (non-hydrogen) atoms. The van der Waals surface area contributed by atoms with Gasteiger partial charge in [-0.3, -0.25) is 0 Å². The number of rotatable bonds is 3. The highest BCUT2D eigenvalue weighted by Crippen LogP contribution is 2.29. The average molecular weight is 206 g/mol. The van der Waals surface area contributed by atoms with E-state index < -0.39 is 0 Å². The number of nitrogens with two attached hydrogens (primary N) is 1. The van der Waals surface area contributed by atoms with E-state index in [0.717, 1.165) is 0 Å². The van der Waals surface area contributed by atoms with Crippen molar-refractivity contribution in [2.24, 2.45) is 5.73 Å². The fourth-order valence-corrected chi connectivity index (χ4v) is 1.73. The highest BCUT2D eigenvalue weighted by atomic mass is 15.1. The van der Waals surface area contributed by atoms with E-state index in [-0.39, 0.29) is 0 Å². The van der Waals surface area contributed by atoms with Crippen LogP contribution in [0.15, 0.2) is 12.1 Å². The molecule has 1 atom stereocenters. The second-order valence-electron chi connectivity index (χ2n) is 4.53. The van der Waals surface area contributed by atoms with Gasteiger partial charge in [0.25, 0.3) is 0 Å². The second-order valence-corrected chi connectivity index (χ2v) is 4.53. The highest BCUT2D eigenvalue weighted by molar-refractivity contribution is 5.57. The molecule has 0 radical (unpaired) electrons. The van der Waals surface area contributed by atoms with E-state index >= 15 is 0 Å². The third kappa shape index (κ3) is 2.51. The van der Waals surface area contributed by atoms with Gasteiger partial charge in [0.05, 0.1) is 0 Å². The van der Waals surface area contributed by atoms with Crippen molar-refractivity contribution >= 4 is 5.69 Å². The van der Waals surface area contributed by atoms with Crippen LogP contribution in [0.1, 0.15) is 29.5 Å². The standard InChI is InChI=1S/C13H22N2/c1-9-6-12(11(3)8-14)13(15(4)5)7-10(9)2/h6-7,11H,8,14H2,1-5H3. The summed E-state index contributed by atoms with van der Waals surface area (Å²) >= 11 is 0. The van der Waals surface area contributed by atoms with Crippen LogP contribution in [0.3, 0.4) is 0 Å². The van der Waals surface area contributed by atoms with Crippen LogP contribution in [0.2, 0.25) is 0 Å². The quantitative estimate of drug-likeness (QED) is 0.823. The van der Waals surface area contributed by atoms with Gasteiger partial charge in [0.15, 0.2) is 0 Å². The van der Waals surface area contributed by atoms with Crippen LogP contribution in [0, 0.1) is 13.8 Å². The summed E-state index contributed by atoms with van der Waals surface area (Å²) in [6, 6.07) is 4.51. The Bertz CT molecular complexity index is 343. The van der Waals surface area contributed by atoms with E-state index in [4.69, 9.17) is 5.73 Å². The third-order valence-electron chi connectivity index (χ3n) is 3.01. The van der Waals surface area contributed by atoms with Gasteiger partial charge in [-0.1, -0.05) is 13.0 Å². The monoisotopic (exact) mass is 206 g/mol. The van der Waals surface area contributed by atoms with Gasteiger partial charge in [-0.25, -0.2) is 0 Å². The molecule has 0 aliphatic heterocycles. The molecule has 0 bridgehead atoms. The summed E-state index contributed by atoms with van der Waals surface area (Å²) in [5, 5.41) is 0. The molecule has 84 valence electrons. The van der Waals surface area contributed by atoms with E-state index in [2.05, 4.69) is 51.9 Å². The minimum atomic E-state index is 0.418. The molecule has 1 aromatic rings. The van der Waals surface area contributed by atoms with Crippen molar-refractivity contribution in [1.29, 1.82) is 0 Å². The van der Waals surface area contributed by atoms with Crippen LogP contribution in [0.5, 0.6) is 0 Å². The van der Waals surface area contributed by atoms with Gasteiger partial charge in [0, 0.05) is 19.8 Å². The summed E-state index contributed by atoms with van der Waals surface area (Å²) < 4.78 is 0. The minimum absolute atomic E-state index is 0.418. The molecular formula is C13H22N2. The molecule has 0 aliphatic rings. The lowest BCUT2D eigenvalue weighted by molar-refractivity contribution is 0.769. The zero-order chi connectivity index (χ0) is 11.6. The number of nitrogens with zero attached hydrogens (tertiary/aromatic N) is 1. The Morgan fingerprint density at radius 1 is 1.20 bits per heavy atom. The van der Waals surface area contributed by atoms with Crippen LogP contribution in [0.25, 0.3) is 0 Å². The Hall–Kier alpha value is -1.02. The summed E-state index contributed by atoms with van der Waals surface area (Å²) in [7, 11) is 4.16. The number of hydrogen-bond acceptors (Lipinski definition) is 2. The average Bonchev–Trinajstić information content (AvgIpc) is 2.20. The molecule has 0 saturated carbocycles. The Labute approximate surface area is 93.1 Å². The van der Waals surface area contributed by atoms with Gasteiger partial charge in [0.1, 0.15) is 0 Å². The Morgan fingerprint density at radius 2 is 1.73 bits per heavy atom. The molecule has 1 rings (SSSR count). The third-order valence-corrected chi connectivity index (χ3v) is 3.01. The first kappa shape index (κ1) is 12.1. The van der Waals surface area contributed by atoms with Crippen LogP contribution in [0.4, 0.5) is 5.69 Å². The van der Waals surface area contributed by atoms with E-state index in [9.17, 15) is 0 Å². The fourth-order valence-electron chi connectivity index (χ4n) is 1.73. The normalized spacial score (nSPS) is 12.7. The van der Waals surface area contributed by atoms with Gasteiger partial charge >= 0.3 is 0 Å². The summed E-state index contributed by atoms with van der Waals surface area (Å²) in [6.45, 7) is 7.18. The lowest BCUT2D eigenvalue weighted by Gasteiger charge is -2.22. The smallest absolute Gasteiger partial charge is 0.0399 e. The Kier molecular flexibility index (Phi) is 3.75. The zero-order valence-corrected chi connectivity index (χ0v) is 10.5. The second kappa shape index (κ2) is 4.67. The molecule has 0 spiro atoms. The molecule has 2 nitrogen and oxygen atoms in total. The molecule has 1 aromatic carbocycles. The molecule has 2 heteroatoms. The van der Waals surface area contributed by atoms with Gasteiger partial charge in [-0.15, -0.1) is 0 Å². The predicted molar refractivity (Wildman–Crippen MR) is 67.7 cm³/mol. The van der Waals surface area contributed by atoms with Crippen LogP contribution >= 0.6 is 0 Å². The highest BCUT2D eigenvalue weighted by Gasteiger charge is 2.12. The molecular weight excluding hydrogens is 184 g/mol. The maximum absolute atomic E-state index is 5.74. The number of hydrogen-bond donors (Lipinski definition) is 1. The molecule has 2 N–H and O–H groups in total. The first-order valence-electron chi connectivity index (χ1n) is 5.46. The molecule has 0 saturated heterocycles. The summed E-state index contributed by atoms with van der Waals surface area (Å²) in [5.74, 6) is 0.418. The molecule has 0 heterocycles. The van der Waals surface area contributed by atoms with Gasteiger partial charge in [-0.2, -0.15) is 0 Å². The van der Waals surface area contributed by atoms with Crippen molar-refractivity contribution in [2.45, 2.75) is 26.7 Å². The number of aryl methyl sites for hydroxylation is 2. The van der Waals surface area contributed by atoms with Crippen molar-refractivity contribution in [3.63, 3.8) is 0 Å². The molecule has 0 aromatic heterocycles. The molecule has 0 fully saturated rings. The maximum Gasteiger partial charge on any atom is 0.0399 e. The van der Waals surface area contributed by atoms with E-state index in [1.54, 1.807) is 0 Å². The Balaban J connectivity index is 3.28. The van der Waals surface area contributed by atoms with Crippen molar-refractivity contribution in [1.82, 2.24) is 0 Å². The maximum atomic E-state index is 5.74. The first-order valence-corrected chi connectivity index (χ1v) is 5.46. The van der Waals surface area contributed by atoms with Gasteiger partial charge in [-0.05, 0) is 49.1 Å². The summed E-state index contributed by atoms with van der Waals surface area (Å²) in [4.78, 5) is 2.16. The van der Waals surface area contributed by atoms with Crippen LogP contribution in [-0.4, -0.2) is 20.6 Å². The van der Waals surface area contributed by atoms with Crippen molar-refractivity contribution in [2.75, 3.05) is 25.5 Å². The number of benzene rings is 1. The zero-order valence-electron chi connectivity index (χ0n) is 10.5. The van der Waals surface area contributed by atoms with Crippen LogP contribution < -0.4 is 10.6 Å². The minimum Gasteiger partial charge on any atom is -0.377 e. The van der Waals surface area contributed by atoms with Gasteiger partial charge in [0.2, 0.25) is 0 Å². The van der Waals surface area contributed by atoms with E-state index in [0.29, 0.717) is 12.5 Å². The van der Waals surface area contributed by atoms with Crippen molar-refractivity contribution in [3.05, 3.63) is 28.8 Å². The van der Waals surface area contributed by atoms with Crippen LogP contribution in [-0.2, 0) is 0 Å². The first-order chi connectivity index (χ1) is 6.97. The van der Waals surface area contributed by atoms with Gasteiger partial charge < -0.3 is 10.6 Å². The van der Waals surface area contributed by atoms with E-state index in [1.165, 1.54) is 22.4 Å². The predicted octanol–water partition coefficient (Wildman–Crippen LogP) is 2.43. The summed E-state index contributed by atoms with van der Waals surface area (Å²) in [5.41, 5.74) is 11.1. The molecule has 1 unspecified atom stereocenters. The molecule has 0 aliphatic carbocycles. The SMILES string of the molecule is Cc1cc(C(C)CN)c(N(C)C)cc1C. The largest absolute Gasteiger partial charge is 0.377 e. The number of anilines is 1. The molecule has 0 amide bonds. The lowest BCUT2D eigenvalue weighted by Crippen LogP contribution is -2.16. The Morgan fingerprint density at radius 3 is 2.20 bits per heavy atom. The topological polar surface area (TPSA) is 29.3 Å². The van der Waals surface area contributed by atoms with Crippen molar-refractivity contribution < 1.29 is 0 Å². The summed E-state index contributed by atoms with van der Waals surface area (Å²) in [6.07, 6.45) is 0.